The number of rotatable bonds is 5. The maximum Gasteiger partial charge on any atom is 0.320 e. The van der Waals surface area contributed by atoms with Gasteiger partial charge in [0.05, 0.1) is 19.0 Å². The van der Waals surface area contributed by atoms with Crippen LogP contribution in [-0.4, -0.2) is 39.2 Å². The van der Waals surface area contributed by atoms with E-state index in [2.05, 4.69) is 10.3 Å². The highest BCUT2D eigenvalue weighted by Crippen LogP contribution is 2.23. The van der Waals surface area contributed by atoms with Gasteiger partial charge >= 0.3 is 5.97 Å². The second kappa shape index (κ2) is 5.70. The van der Waals surface area contributed by atoms with E-state index < -0.39 is 12.0 Å². The number of benzene rings is 1. The number of aromatic nitrogens is 3. The van der Waals surface area contributed by atoms with Crippen molar-refractivity contribution >= 4 is 5.97 Å². The SMILES string of the molecule is COc1ccc(C)cc1-n1cc(CC(N)C(=O)O)nn1. The first-order valence-electron chi connectivity index (χ1n) is 6.06. The number of nitrogens with two attached hydrogens (primary N) is 1. The van der Waals surface area contributed by atoms with Crippen molar-refractivity contribution < 1.29 is 14.6 Å². The highest BCUT2D eigenvalue weighted by Gasteiger charge is 2.15. The van der Waals surface area contributed by atoms with Crippen molar-refractivity contribution in [2.75, 3.05) is 7.11 Å². The summed E-state index contributed by atoms with van der Waals surface area (Å²) in [5, 5.41) is 16.7. The summed E-state index contributed by atoms with van der Waals surface area (Å²) in [6.07, 6.45) is 1.78. The summed E-state index contributed by atoms with van der Waals surface area (Å²) in [5.74, 6) is -0.401. The van der Waals surface area contributed by atoms with Gasteiger partial charge in [-0.15, -0.1) is 5.10 Å². The standard InChI is InChI=1S/C13H16N4O3/c1-8-3-4-12(20-2)11(5-8)17-7-9(15-16-17)6-10(14)13(18)19/h3-5,7,10H,6,14H2,1-2H3,(H,18,19). The monoisotopic (exact) mass is 276 g/mol. The molecule has 0 saturated carbocycles. The van der Waals surface area contributed by atoms with Crippen molar-refractivity contribution in [1.29, 1.82) is 0 Å². The second-order valence-corrected chi connectivity index (χ2v) is 4.48. The summed E-state index contributed by atoms with van der Waals surface area (Å²) in [5.41, 5.74) is 7.79. The number of hydrogen-bond donors (Lipinski definition) is 2. The predicted octanol–water partition coefficient (Wildman–Crippen LogP) is 0.539. The minimum atomic E-state index is -1.06. The van der Waals surface area contributed by atoms with Gasteiger partial charge in [0.15, 0.2) is 0 Å². The molecule has 0 bridgehead atoms. The van der Waals surface area contributed by atoms with Crippen LogP contribution in [0, 0.1) is 6.92 Å². The molecule has 0 radical (unpaired) electrons. The lowest BCUT2D eigenvalue weighted by molar-refractivity contribution is -0.138. The summed E-state index contributed by atoms with van der Waals surface area (Å²) < 4.78 is 6.83. The lowest BCUT2D eigenvalue weighted by atomic mass is 10.2. The van der Waals surface area contributed by atoms with Crippen LogP contribution in [0.1, 0.15) is 11.3 Å². The molecule has 0 aliphatic carbocycles. The maximum atomic E-state index is 10.7. The fraction of sp³-hybridized carbons (Fsp3) is 0.308. The molecule has 1 atom stereocenters. The van der Waals surface area contributed by atoms with Crippen molar-refractivity contribution in [2.45, 2.75) is 19.4 Å². The van der Waals surface area contributed by atoms with Crippen LogP contribution in [0.2, 0.25) is 0 Å². The first-order chi connectivity index (χ1) is 9.51. The Hall–Kier alpha value is -2.41. The summed E-state index contributed by atoms with van der Waals surface area (Å²) in [6, 6.07) is 4.70. The Bertz CT molecular complexity index is 624. The van der Waals surface area contributed by atoms with E-state index in [0.29, 0.717) is 11.4 Å². The van der Waals surface area contributed by atoms with Crippen molar-refractivity contribution in [3.8, 4) is 11.4 Å². The average Bonchev–Trinajstić information content (AvgIpc) is 2.87. The molecule has 1 heterocycles. The Labute approximate surface area is 116 Å². The molecule has 0 saturated heterocycles. The molecule has 0 aliphatic heterocycles. The van der Waals surface area contributed by atoms with Gasteiger partial charge < -0.3 is 15.6 Å². The molecular weight excluding hydrogens is 260 g/mol. The van der Waals surface area contributed by atoms with E-state index in [-0.39, 0.29) is 6.42 Å². The number of methoxy groups -OCH3 is 1. The lowest BCUT2D eigenvalue weighted by Crippen LogP contribution is -2.32. The van der Waals surface area contributed by atoms with Crippen LogP contribution in [0.3, 0.4) is 0 Å². The van der Waals surface area contributed by atoms with Crippen LogP contribution in [0.4, 0.5) is 0 Å². The fourth-order valence-corrected chi connectivity index (χ4v) is 1.80. The largest absolute Gasteiger partial charge is 0.494 e. The van der Waals surface area contributed by atoms with Crippen LogP contribution in [-0.2, 0) is 11.2 Å². The molecule has 0 fully saturated rings. The molecule has 7 nitrogen and oxygen atoms in total. The van der Waals surface area contributed by atoms with Gasteiger partial charge in [-0.2, -0.15) is 0 Å². The number of carboxylic acid groups (broad SMARTS) is 1. The van der Waals surface area contributed by atoms with Crippen LogP contribution in [0.25, 0.3) is 5.69 Å². The zero-order valence-corrected chi connectivity index (χ0v) is 11.3. The third-order valence-corrected chi connectivity index (χ3v) is 2.87. The van der Waals surface area contributed by atoms with Gasteiger partial charge in [0.25, 0.3) is 0 Å². The van der Waals surface area contributed by atoms with Gasteiger partial charge in [-0.25, -0.2) is 4.68 Å². The fourth-order valence-electron chi connectivity index (χ4n) is 1.80. The summed E-state index contributed by atoms with van der Waals surface area (Å²) in [6.45, 7) is 1.96. The molecule has 1 unspecified atom stereocenters. The van der Waals surface area contributed by atoms with Crippen molar-refractivity contribution in [2.24, 2.45) is 5.73 Å². The van der Waals surface area contributed by atoms with Crippen molar-refractivity contribution in [3.05, 3.63) is 35.7 Å². The normalized spacial score (nSPS) is 12.2. The van der Waals surface area contributed by atoms with Crippen LogP contribution < -0.4 is 10.5 Å². The summed E-state index contributed by atoms with van der Waals surface area (Å²) in [4.78, 5) is 10.7. The smallest absolute Gasteiger partial charge is 0.320 e. The van der Waals surface area contributed by atoms with Gasteiger partial charge in [-0.1, -0.05) is 11.3 Å². The van der Waals surface area contributed by atoms with Gasteiger partial charge in [0.2, 0.25) is 0 Å². The molecule has 2 aromatic rings. The third kappa shape index (κ3) is 2.94. The highest BCUT2D eigenvalue weighted by atomic mass is 16.5. The van der Waals surface area contributed by atoms with Gasteiger partial charge in [-0.05, 0) is 24.6 Å². The highest BCUT2D eigenvalue weighted by molar-refractivity contribution is 5.73. The molecule has 7 heteroatoms. The van der Waals surface area contributed by atoms with E-state index in [9.17, 15) is 4.79 Å². The number of ether oxygens (including phenoxy) is 1. The molecule has 0 spiro atoms. The quantitative estimate of drug-likeness (QED) is 0.826. The minimum absolute atomic E-state index is 0.128. The molecule has 1 aromatic heterocycles. The topological polar surface area (TPSA) is 103 Å². The van der Waals surface area contributed by atoms with E-state index in [4.69, 9.17) is 15.6 Å². The molecular formula is C13H16N4O3. The zero-order valence-electron chi connectivity index (χ0n) is 11.3. The number of aliphatic carboxylic acids is 1. The third-order valence-electron chi connectivity index (χ3n) is 2.87. The zero-order chi connectivity index (χ0) is 14.7. The van der Waals surface area contributed by atoms with E-state index in [0.717, 1.165) is 11.3 Å². The Morgan fingerprint density at radius 3 is 2.95 bits per heavy atom. The molecule has 3 N–H and O–H groups in total. The van der Waals surface area contributed by atoms with Gasteiger partial charge in [0.1, 0.15) is 17.5 Å². The average molecular weight is 276 g/mol. The minimum Gasteiger partial charge on any atom is -0.494 e. The van der Waals surface area contributed by atoms with Crippen LogP contribution in [0.15, 0.2) is 24.4 Å². The number of nitrogens with zero attached hydrogens (tertiary/aromatic N) is 3. The molecule has 1 aromatic carbocycles. The van der Waals surface area contributed by atoms with Gasteiger partial charge in [0, 0.05) is 6.42 Å². The molecule has 0 amide bonds. The number of aryl methyl sites for hydroxylation is 1. The Kier molecular flexibility index (Phi) is 3.99. The maximum absolute atomic E-state index is 10.7. The number of hydrogen-bond acceptors (Lipinski definition) is 5. The van der Waals surface area contributed by atoms with E-state index in [1.54, 1.807) is 18.0 Å². The lowest BCUT2D eigenvalue weighted by Gasteiger charge is -2.08. The summed E-state index contributed by atoms with van der Waals surface area (Å²) >= 11 is 0. The molecule has 106 valence electrons. The Morgan fingerprint density at radius 1 is 1.55 bits per heavy atom. The summed E-state index contributed by atoms with van der Waals surface area (Å²) in [7, 11) is 1.58. The van der Waals surface area contributed by atoms with Crippen molar-refractivity contribution in [1.82, 2.24) is 15.0 Å². The molecule has 0 aliphatic rings. The molecule has 20 heavy (non-hydrogen) atoms. The van der Waals surface area contributed by atoms with E-state index in [1.165, 1.54) is 0 Å². The van der Waals surface area contributed by atoms with E-state index >= 15 is 0 Å². The van der Waals surface area contributed by atoms with Crippen LogP contribution in [0.5, 0.6) is 5.75 Å². The Balaban J connectivity index is 2.29. The van der Waals surface area contributed by atoms with E-state index in [1.807, 2.05) is 25.1 Å². The first kappa shape index (κ1) is 14.0. The molecule has 2 rings (SSSR count). The second-order valence-electron chi connectivity index (χ2n) is 4.48. The first-order valence-corrected chi connectivity index (χ1v) is 6.06. The van der Waals surface area contributed by atoms with Crippen molar-refractivity contribution in [3.63, 3.8) is 0 Å². The van der Waals surface area contributed by atoms with Crippen LogP contribution >= 0.6 is 0 Å². The number of carboxylic acids is 1. The number of carbonyl (C=O) groups is 1. The predicted molar refractivity (Wildman–Crippen MR) is 72.0 cm³/mol. The Morgan fingerprint density at radius 2 is 2.30 bits per heavy atom. The van der Waals surface area contributed by atoms with Gasteiger partial charge in [-0.3, -0.25) is 4.79 Å².